The molecule has 6 nitrogen and oxygen atoms in total. The number of hydrogen-bond acceptors (Lipinski definition) is 4. The minimum Gasteiger partial charge on any atom is -0.497 e. The maximum absolute atomic E-state index is 13.0. The molecule has 192 valence electrons. The minimum atomic E-state index is 0.0615. The van der Waals surface area contributed by atoms with Crippen LogP contribution in [0.2, 0.25) is 0 Å². The van der Waals surface area contributed by atoms with Gasteiger partial charge in [-0.05, 0) is 61.7 Å². The molecule has 0 aliphatic carbocycles. The number of piperazine rings is 1. The third kappa shape index (κ3) is 6.05. The summed E-state index contributed by atoms with van der Waals surface area (Å²) in [6.45, 7) is 7.18. The van der Waals surface area contributed by atoms with Gasteiger partial charge in [0.25, 0.3) is 0 Å². The summed E-state index contributed by atoms with van der Waals surface area (Å²) < 4.78 is 13.1. The van der Waals surface area contributed by atoms with Crippen LogP contribution in [0.25, 0.3) is 17.0 Å². The molecule has 1 fully saturated rings. The highest BCUT2D eigenvalue weighted by Crippen LogP contribution is 2.31. The smallest absolute Gasteiger partial charge is 0.246 e. The predicted octanol–water partition coefficient (Wildman–Crippen LogP) is 5.00. The Kier molecular flexibility index (Phi) is 8.94. The molecule has 2 heterocycles. The van der Waals surface area contributed by atoms with Crippen molar-refractivity contribution in [2.24, 2.45) is 0 Å². The second-order valence-corrected chi connectivity index (χ2v) is 9.56. The number of benzene rings is 2. The van der Waals surface area contributed by atoms with Gasteiger partial charge in [-0.15, -0.1) is 11.6 Å². The minimum absolute atomic E-state index is 0.0615. The quantitative estimate of drug-likeness (QED) is 0.285. The fraction of sp³-hybridized carbons (Fsp3) is 0.414. The Morgan fingerprint density at radius 2 is 1.75 bits per heavy atom. The zero-order valence-electron chi connectivity index (χ0n) is 21.5. The van der Waals surface area contributed by atoms with Crippen LogP contribution in [0.5, 0.6) is 11.5 Å². The van der Waals surface area contributed by atoms with Gasteiger partial charge < -0.3 is 18.9 Å². The molecule has 1 aromatic heterocycles. The lowest BCUT2D eigenvalue weighted by molar-refractivity contribution is -0.127. The van der Waals surface area contributed by atoms with Crippen LogP contribution >= 0.6 is 11.6 Å². The number of methoxy groups -OCH3 is 2. The van der Waals surface area contributed by atoms with E-state index in [0.717, 1.165) is 85.8 Å². The summed E-state index contributed by atoms with van der Waals surface area (Å²) in [5.41, 5.74) is 4.60. The maximum Gasteiger partial charge on any atom is 0.246 e. The molecule has 1 amide bonds. The SMILES string of the molecule is COc1cccc(CCN2CCN(C(=O)/C=C/c3c(C)n(CCCCl)c4ccc(OC)cc34)CC2)c1. The summed E-state index contributed by atoms with van der Waals surface area (Å²) >= 11 is 5.97. The van der Waals surface area contributed by atoms with E-state index in [9.17, 15) is 4.79 Å². The predicted molar refractivity (Wildman–Crippen MR) is 147 cm³/mol. The lowest BCUT2D eigenvalue weighted by Gasteiger charge is -2.34. The largest absolute Gasteiger partial charge is 0.497 e. The van der Waals surface area contributed by atoms with Gasteiger partial charge in [0.15, 0.2) is 0 Å². The molecular weight excluding hydrogens is 474 g/mol. The summed E-state index contributed by atoms with van der Waals surface area (Å²) in [5.74, 6) is 2.38. The molecule has 0 atom stereocenters. The van der Waals surface area contributed by atoms with Crippen molar-refractivity contribution in [1.82, 2.24) is 14.4 Å². The van der Waals surface area contributed by atoms with Crippen molar-refractivity contribution < 1.29 is 14.3 Å². The second-order valence-electron chi connectivity index (χ2n) is 9.18. The van der Waals surface area contributed by atoms with E-state index in [1.165, 1.54) is 5.56 Å². The molecule has 0 spiro atoms. The van der Waals surface area contributed by atoms with Gasteiger partial charge in [-0.2, -0.15) is 0 Å². The first-order valence-electron chi connectivity index (χ1n) is 12.6. The number of nitrogens with zero attached hydrogens (tertiary/aromatic N) is 3. The molecule has 0 unspecified atom stereocenters. The zero-order valence-corrected chi connectivity index (χ0v) is 22.3. The Morgan fingerprint density at radius 3 is 2.47 bits per heavy atom. The number of aromatic nitrogens is 1. The first-order valence-corrected chi connectivity index (χ1v) is 13.1. The van der Waals surface area contributed by atoms with E-state index in [2.05, 4.69) is 34.6 Å². The van der Waals surface area contributed by atoms with E-state index in [1.54, 1.807) is 20.3 Å². The molecule has 1 aliphatic heterocycles. The van der Waals surface area contributed by atoms with Crippen LogP contribution < -0.4 is 9.47 Å². The lowest BCUT2D eigenvalue weighted by Crippen LogP contribution is -2.48. The third-order valence-electron chi connectivity index (χ3n) is 7.02. The van der Waals surface area contributed by atoms with Crippen LogP contribution in [0.3, 0.4) is 0 Å². The average molecular weight is 510 g/mol. The van der Waals surface area contributed by atoms with Crippen LogP contribution in [0.4, 0.5) is 0 Å². The lowest BCUT2D eigenvalue weighted by atomic mass is 10.1. The highest BCUT2D eigenvalue weighted by molar-refractivity contribution is 6.17. The molecule has 0 radical (unpaired) electrons. The number of aryl methyl sites for hydroxylation is 1. The number of alkyl halides is 1. The molecule has 7 heteroatoms. The van der Waals surface area contributed by atoms with E-state index in [-0.39, 0.29) is 5.91 Å². The molecule has 2 aromatic carbocycles. The standard InChI is InChI=1S/C29H36ClN3O3/c1-22-26(27-21-25(36-3)8-10-28(27)33(22)14-5-13-30)9-11-29(34)32-18-16-31(17-19-32)15-12-23-6-4-7-24(20-23)35-2/h4,6-11,20-21H,5,12-19H2,1-3H3/b11-9+. The number of hydrogen-bond donors (Lipinski definition) is 0. The molecule has 0 saturated carbocycles. The van der Waals surface area contributed by atoms with Gasteiger partial charge in [0.2, 0.25) is 5.91 Å². The van der Waals surface area contributed by atoms with Gasteiger partial charge >= 0.3 is 0 Å². The van der Waals surface area contributed by atoms with E-state index in [4.69, 9.17) is 21.1 Å². The van der Waals surface area contributed by atoms with E-state index >= 15 is 0 Å². The Bertz CT molecular complexity index is 1210. The normalized spacial score (nSPS) is 14.6. The van der Waals surface area contributed by atoms with Crippen LogP contribution in [-0.4, -0.2) is 73.1 Å². The maximum atomic E-state index is 13.0. The number of amides is 1. The Balaban J connectivity index is 1.39. The van der Waals surface area contributed by atoms with Crippen molar-refractivity contribution in [3.8, 4) is 11.5 Å². The molecule has 1 aliphatic rings. The summed E-state index contributed by atoms with van der Waals surface area (Å²) in [6.07, 6.45) is 5.55. The molecule has 0 N–H and O–H groups in total. The molecule has 36 heavy (non-hydrogen) atoms. The summed E-state index contributed by atoms with van der Waals surface area (Å²) in [7, 11) is 3.37. The van der Waals surface area contributed by atoms with Crippen LogP contribution in [0.1, 0.15) is 23.2 Å². The van der Waals surface area contributed by atoms with Gasteiger partial charge in [-0.3, -0.25) is 9.69 Å². The van der Waals surface area contributed by atoms with Crippen molar-refractivity contribution in [3.05, 3.63) is 65.4 Å². The molecule has 4 rings (SSSR count). The first kappa shape index (κ1) is 26.1. The summed E-state index contributed by atoms with van der Waals surface area (Å²) in [5, 5.41) is 1.09. The van der Waals surface area contributed by atoms with Crippen molar-refractivity contribution in [1.29, 1.82) is 0 Å². The second kappa shape index (κ2) is 12.3. The van der Waals surface area contributed by atoms with E-state index in [1.807, 2.05) is 35.2 Å². The molecule has 3 aromatic rings. The van der Waals surface area contributed by atoms with Crippen LogP contribution in [0, 0.1) is 6.92 Å². The number of halogens is 1. The average Bonchev–Trinajstić information content (AvgIpc) is 3.18. The van der Waals surface area contributed by atoms with E-state index < -0.39 is 0 Å². The Labute approximate surface area is 219 Å². The van der Waals surface area contributed by atoms with Crippen molar-refractivity contribution >= 4 is 34.5 Å². The number of fused-ring (bicyclic) bond motifs is 1. The van der Waals surface area contributed by atoms with Crippen molar-refractivity contribution in [2.45, 2.75) is 26.3 Å². The molecular formula is C29H36ClN3O3. The van der Waals surface area contributed by atoms with E-state index in [0.29, 0.717) is 5.88 Å². The van der Waals surface area contributed by atoms with Gasteiger partial charge in [0.1, 0.15) is 11.5 Å². The van der Waals surface area contributed by atoms with Crippen molar-refractivity contribution in [3.63, 3.8) is 0 Å². The first-order chi connectivity index (χ1) is 17.5. The third-order valence-corrected chi connectivity index (χ3v) is 7.29. The van der Waals surface area contributed by atoms with Gasteiger partial charge in [0, 0.05) is 73.4 Å². The number of rotatable bonds is 10. The highest BCUT2D eigenvalue weighted by atomic mass is 35.5. The van der Waals surface area contributed by atoms with Crippen LogP contribution in [-0.2, 0) is 17.8 Å². The topological polar surface area (TPSA) is 46.9 Å². The fourth-order valence-corrected chi connectivity index (χ4v) is 5.02. The number of carbonyl (C=O) groups is 1. The Morgan fingerprint density at radius 1 is 1.00 bits per heavy atom. The molecule has 1 saturated heterocycles. The van der Waals surface area contributed by atoms with Crippen LogP contribution in [0.15, 0.2) is 48.5 Å². The Hall–Kier alpha value is -2.96. The summed E-state index contributed by atoms with van der Waals surface area (Å²) in [4.78, 5) is 17.4. The highest BCUT2D eigenvalue weighted by Gasteiger charge is 2.20. The fourth-order valence-electron chi connectivity index (χ4n) is 4.90. The molecule has 0 bridgehead atoms. The van der Waals surface area contributed by atoms with Crippen molar-refractivity contribution in [2.75, 3.05) is 52.8 Å². The number of ether oxygens (including phenoxy) is 2. The monoisotopic (exact) mass is 509 g/mol. The van der Waals surface area contributed by atoms with Gasteiger partial charge in [-0.25, -0.2) is 0 Å². The zero-order chi connectivity index (χ0) is 25.5. The number of carbonyl (C=O) groups excluding carboxylic acids is 1. The summed E-state index contributed by atoms with van der Waals surface area (Å²) in [6, 6.07) is 14.3. The van der Waals surface area contributed by atoms with Gasteiger partial charge in [0.05, 0.1) is 14.2 Å². The van der Waals surface area contributed by atoms with Gasteiger partial charge in [-0.1, -0.05) is 12.1 Å².